The minimum atomic E-state index is 0.314. The summed E-state index contributed by atoms with van der Waals surface area (Å²) in [6.07, 6.45) is 0. The molecule has 2 aromatic rings. The molecule has 0 radical (unpaired) electrons. The summed E-state index contributed by atoms with van der Waals surface area (Å²) in [5.74, 6) is 2.15. The quantitative estimate of drug-likeness (QED) is 0.897. The van der Waals surface area contributed by atoms with E-state index in [9.17, 15) is 0 Å². The number of nitrogens with zero attached hydrogens (tertiary/aromatic N) is 2. The van der Waals surface area contributed by atoms with Gasteiger partial charge in [-0.05, 0) is 26.0 Å². The zero-order chi connectivity index (χ0) is 14.2. The predicted molar refractivity (Wildman–Crippen MR) is 84.2 cm³/mol. The first kappa shape index (κ1) is 14.1. The number of imidazole rings is 1. The van der Waals surface area contributed by atoms with Crippen LogP contribution in [0.25, 0.3) is 11.3 Å². The Bertz CT molecular complexity index is 568. The van der Waals surface area contributed by atoms with Gasteiger partial charge in [0.25, 0.3) is 0 Å². The van der Waals surface area contributed by atoms with Crippen LogP contribution in [0, 0.1) is 0 Å². The number of rotatable bonds is 3. The van der Waals surface area contributed by atoms with Crippen molar-refractivity contribution in [1.82, 2.24) is 9.55 Å². The topological polar surface area (TPSA) is 43.8 Å². The molecule has 0 amide bonds. The second kappa shape index (κ2) is 5.37. The molecule has 2 rings (SSSR count). The standard InChI is InChI=1S/C15H20BrN3/c1-9(2)15-18-13(14(17)19(15)10(3)4)11-5-7-12(16)8-6-11/h5-10H,17H2,1-4H3. The van der Waals surface area contributed by atoms with Crippen molar-refractivity contribution >= 4 is 21.7 Å². The van der Waals surface area contributed by atoms with Crippen molar-refractivity contribution in [1.29, 1.82) is 0 Å². The molecule has 0 aliphatic rings. The summed E-state index contributed by atoms with van der Waals surface area (Å²) in [5, 5.41) is 0. The Labute approximate surface area is 123 Å². The number of nitrogen functional groups attached to an aromatic ring is 1. The summed E-state index contributed by atoms with van der Waals surface area (Å²) in [6, 6.07) is 8.42. The van der Waals surface area contributed by atoms with Gasteiger partial charge < -0.3 is 10.3 Å². The number of anilines is 1. The molecule has 0 aliphatic heterocycles. The Kier molecular flexibility index (Phi) is 3.99. The predicted octanol–water partition coefficient (Wildman–Crippen LogP) is 4.60. The first-order valence-corrected chi connectivity index (χ1v) is 7.34. The number of benzene rings is 1. The van der Waals surface area contributed by atoms with E-state index in [0.717, 1.165) is 27.4 Å². The Morgan fingerprint density at radius 2 is 1.68 bits per heavy atom. The maximum atomic E-state index is 6.30. The van der Waals surface area contributed by atoms with Crippen LogP contribution < -0.4 is 5.73 Å². The zero-order valence-electron chi connectivity index (χ0n) is 11.8. The molecule has 1 aromatic carbocycles. The number of nitrogens with two attached hydrogens (primary N) is 1. The normalized spacial score (nSPS) is 11.5. The van der Waals surface area contributed by atoms with E-state index in [0.29, 0.717) is 12.0 Å². The van der Waals surface area contributed by atoms with Crippen molar-refractivity contribution in [3.8, 4) is 11.3 Å². The highest BCUT2D eigenvalue weighted by Gasteiger charge is 2.19. The van der Waals surface area contributed by atoms with Crippen LogP contribution in [0.3, 0.4) is 0 Å². The molecule has 1 heterocycles. The number of hydrogen-bond donors (Lipinski definition) is 1. The Morgan fingerprint density at radius 1 is 1.11 bits per heavy atom. The van der Waals surface area contributed by atoms with E-state index in [-0.39, 0.29) is 0 Å². The summed E-state index contributed by atoms with van der Waals surface area (Å²) < 4.78 is 3.18. The lowest BCUT2D eigenvalue weighted by molar-refractivity contribution is 0.556. The summed E-state index contributed by atoms with van der Waals surface area (Å²) in [4.78, 5) is 4.75. The maximum Gasteiger partial charge on any atom is 0.131 e. The van der Waals surface area contributed by atoms with Crippen LogP contribution in [0.5, 0.6) is 0 Å². The van der Waals surface area contributed by atoms with E-state index in [2.05, 4.69) is 48.2 Å². The smallest absolute Gasteiger partial charge is 0.131 e. The largest absolute Gasteiger partial charge is 0.383 e. The van der Waals surface area contributed by atoms with Gasteiger partial charge in [0.15, 0.2) is 0 Å². The Morgan fingerprint density at radius 3 is 2.11 bits per heavy atom. The van der Waals surface area contributed by atoms with E-state index in [1.165, 1.54) is 0 Å². The van der Waals surface area contributed by atoms with Crippen LogP contribution in [0.2, 0.25) is 0 Å². The molecule has 0 saturated carbocycles. The van der Waals surface area contributed by atoms with Crippen molar-refractivity contribution in [3.05, 3.63) is 34.6 Å². The van der Waals surface area contributed by atoms with Gasteiger partial charge in [0.1, 0.15) is 17.3 Å². The molecule has 0 unspecified atom stereocenters. The number of hydrogen-bond acceptors (Lipinski definition) is 2. The molecular weight excluding hydrogens is 302 g/mol. The van der Waals surface area contributed by atoms with Gasteiger partial charge in [0.2, 0.25) is 0 Å². The van der Waals surface area contributed by atoms with Gasteiger partial charge in [0.05, 0.1) is 0 Å². The van der Waals surface area contributed by atoms with Gasteiger partial charge in [-0.2, -0.15) is 0 Å². The van der Waals surface area contributed by atoms with Crippen LogP contribution in [0.15, 0.2) is 28.7 Å². The Hall–Kier alpha value is -1.29. The highest BCUT2D eigenvalue weighted by Crippen LogP contribution is 2.32. The van der Waals surface area contributed by atoms with Crippen molar-refractivity contribution in [3.63, 3.8) is 0 Å². The fourth-order valence-corrected chi connectivity index (χ4v) is 2.50. The van der Waals surface area contributed by atoms with Crippen LogP contribution in [-0.4, -0.2) is 9.55 Å². The van der Waals surface area contributed by atoms with Gasteiger partial charge in [0, 0.05) is 22.0 Å². The third-order valence-corrected chi connectivity index (χ3v) is 3.65. The molecule has 0 atom stereocenters. The van der Waals surface area contributed by atoms with Crippen LogP contribution in [0.4, 0.5) is 5.82 Å². The monoisotopic (exact) mass is 321 g/mol. The lowest BCUT2D eigenvalue weighted by Gasteiger charge is -2.15. The molecule has 0 fully saturated rings. The number of aromatic nitrogens is 2. The fourth-order valence-electron chi connectivity index (χ4n) is 2.23. The molecule has 102 valence electrons. The van der Waals surface area contributed by atoms with E-state index in [1.807, 2.05) is 24.3 Å². The van der Waals surface area contributed by atoms with Crippen molar-refractivity contribution < 1.29 is 0 Å². The minimum absolute atomic E-state index is 0.314. The van der Waals surface area contributed by atoms with Gasteiger partial charge in [-0.1, -0.05) is 41.9 Å². The molecule has 1 aromatic heterocycles. The summed E-state index contributed by atoms with van der Waals surface area (Å²) in [7, 11) is 0. The first-order chi connectivity index (χ1) is 8.91. The van der Waals surface area contributed by atoms with E-state index in [4.69, 9.17) is 10.7 Å². The molecule has 0 bridgehead atoms. The Balaban J connectivity index is 2.59. The minimum Gasteiger partial charge on any atom is -0.383 e. The average Bonchev–Trinajstić information content (AvgIpc) is 2.68. The molecule has 3 nitrogen and oxygen atoms in total. The van der Waals surface area contributed by atoms with E-state index < -0.39 is 0 Å². The first-order valence-electron chi connectivity index (χ1n) is 6.55. The molecule has 2 N–H and O–H groups in total. The second-order valence-electron chi connectivity index (χ2n) is 5.33. The summed E-state index contributed by atoms with van der Waals surface area (Å²) in [6.45, 7) is 8.56. The molecule has 0 spiro atoms. The van der Waals surface area contributed by atoms with Gasteiger partial charge in [-0.25, -0.2) is 4.98 Å². The lowest BCUT2D eigenvalue weighted by atomic mass is 10.1. The van der Waals surface area contributed by atoms with Crippen LogP contribution >= 0.6 is 15.9 Å². The molecule has 0 aliphatic carbocycles. The van der Waals surface area contributed by atoms with Gasteiger partial charge in [-0.3, -0.25) is 0 Å². The highest BCUT2D eigenvalue weighted by molar-refractivity contribution is 9.10. The van der Waals surface area contributed by atoms with Crippen molar-refractivity contribution in [2.75, 3.05) is 5.73 Å². The van der Waals surface area contributed by atoms with Crippen molar-refractivity contribution in [2.24, 2.45) is 0 Å². The van der Waals surface area contributed by atoms with Crippen LogP contribution in [0.1, 0.15) is 45.5 Å². The van der Waals surface area contributed by atoms with Gasteiger partial charge in [-0.15, -0.1) is 0 Å². The molecule has 19 heavy (non-hydrogen) atoms. The maximum absolute atomic E-state index is 6.30. The van der Waals surface area contributed by atoms with E-state index >= 15 is 0 Å². The zero-order valence-corrected chi connectivity index (χ0v) is 13.4. The fraction of sp³-hybridized carbons (Fsp3) is 0.400. The van der Waals surface area contributed by atoms with Crippen molar-refractivity contribution in [2.45, 2.75) is 39.7 Å². The third-order valence-electron chi connectivity index (χ3n) is 3.13. The summed E-state index contributed by atoms with van der Waals surface area (Å²) >= 11 is 3.45. The molecular formula is C15H20BrN3. The average molecular weight is 322 g/mol. The van der Waals surface area contributed by atoms with Gasteiger partial charge >= 0.3 is 0 Å². The SMILES string of the molecule is CC(C)c1nc(-c2ccc(Br)cc2)c(N)n1C(C)C. The molecule has 0 saturated heterocycles. The summed E-state index contributed by atoms with van der Waals surface area (Å²) in [5.41, 5.74) is 8.24. The third kappa shape index (κ3) is 2.68. The lowest BCUT2D eigenvalue weighted by Crippen LogP contribution is -2.10. The highest BCUT2D eigenvalue weighted by atomic mass is 79.9. The van der Waals surface area contributed by atoms with Crippen LogP contribution in [-0.2, 0) is 0 Å². The molecule has 4 heteroatoms. The second-order valence-corrected chi connectivity index (χ2v) is 6.24. The number of halogens is 1. The van der Waals surface area contributed by atoms with E-state index in [1.54, 1.807) is 0 Å².